The first-order valence-corrected chi connectivity index (χ1v) is 8.02. The molecule has 0 fully saturated rings. The highest BCUT2D eigenvalue weighted by Crippen LogP contribution is 2.28. The van der Waals surface area contributed by atoms with Crippen molar-refractivity contribution in [3.8, 4) is 0 Å². The summed E-state index contributed by atoms with van der Waals surface area (Å²) in [7, 11) is 0. The van der Waals surface area contributed by atoms with Crippen molar-refractivity contribution in [3.05, 3.63) is 35.4 Å². The Morgan fingerprint density at radius 2 is 1.67 bits per heavy atom. The molecule has 0 aliphatic heterocycles. The summed E-state index contributed by atoms with van der Waals surface area (Å²) in [5, 5.41) is 5.90. The van der Waals surface area contributed by atoms with Gasteiger partial charge in [-0.25, -0.2) is 4.79 Å². The van der Waals surface area contributed by atoms with E-state index in [1.165, 1.54) is 11.1 Å². The van der Waals surface area contributed by atoms with E-state index in [1.807, 2.05) is 0 Å². The second-order valence-corrected chi connectivity index (χ2v) is 7.32. The van der Waals surface area contributed by atoms with Crippen LogP contribution in [0.4, 0.5) is 4.79 Å². The topological polar surface area (TPSA) is 41.1 Å². The molecular formula is C18H28N2O. The van der Waals surface area contributed by atoms with Crippen molar-refractivity contribution in [2.24, 2.45) is 11.3 Å². The van der Waals surface area contributed by atoms with E-state index in [-0.39, 0.29) is 11.4 Å². The maximum Gasteiger partial charge on any atom is 0.314 e. The molecule has 0 spiro atoms. The van der Waals surface area contributed by atoms with E-state index >= 15 is 0 Å². The highest BCUT2D eigenvalue weighted by molar-refractivity contribution is 5.73. The molecule has 1 aliphatic carbocycles. The van der Waals surface area contributed by atoms with Gasteiger partial charge in [-0.1, -0.05) is 45.0 Å². The molecule has 21 heavy (non-hydrogen) atoms. The lowest BCUT2D eigenvalue weighted by atomic mass is 9.92. The smallest absolute Gasteiger partial charge is 0.314 e. The Morgan fingerprint density at radius 1 is 1.10 bits per heavy atom. The molecule has 0 heterocycles. The van der Waals surface area contributed by atoms with Gasteiger partial charge in [-0.15, -0.1) is 0 Å². The lowest BCUT2D eigenvalue weighted by molar-refractivity contribution is 0.238. The van der Waals surface area contributed by atoms with Gasteiger partial charge in [0.25, 0.3) is 0 Å². The molecular weight excluding hydrogens is 260 g/mol. The van der Waals surface area contributed by atoms with E-state index in [1.54, 1.807) is 0 Å². The van der Waals surface area contributed by atoms with Gasteiger partial charge in [-0.3, -0.25) is 0 Å². The zero-order chi connectivity index (χ0) is 15.3. The van der Waals surface area contributed by atoms with Gasteiger partial charge >= 0.3 is 6.03 Å². The van der Waals surface area contributed by atoms with Crippen molar-refractivity contribution in [3.63, 3.8) is 0 Å². The summed E-state index contributed by atoms with van der Waals surface area (Å²) >= 11 is 0. The van der Waals surface area contributed by atoms with Crippen molar-refractivity contribution in [2.45, 2.75) is 46.5 Å². The minimum absolute atomic E-state index is 0.0326. The normalized spacial score (nSPS) is 14.8. The first kappa shape index (κ1) is 15.9. The summed E-state index contributed by atoms with van der Waals surface area (Å²) in [5.74, 6) is 0.678. The maximum atomic E-state index is 11.7. The minimum atomic E-state index is -0.0326. The summed E-state index contributed by atoms with van der Waals surface area (Å²) < 4.78 is 0. The average molecular weight is 288 g/mol. The Morgan fingerprint density at radius 3 is 2.24 bits per heavy atom. The predicted octanol–water partition coefficient (Wildman–Crippen LogP) is 3.53. The van der Waals surface area contributed by atoms with Crippen LogP contribution in [0.2, 0.25) is 0 Å². The van der Waals surface area contributed by atoms with Crippen LogP contribution in [-0.2, 0) is 12.8 Å². The Labute approximate surface area is 128 Å². The van der Waals surface area contributed by atoms with Crippen molar-refractivity contribution in [1.29, 1.82) is 0 Å². The van der Waals surface area contributed by atoms with Crippen LogP contribution in [0.5, 0.6) is 0 Å². The van der Waals surface area contributed by atoms with E-state index in [0.29, 0.717) is 5.92 Å². The molecule has 2 amide bonds. The van der Waals surface area contributed by atoms with E-state index in [0.717, 1.165) is 38.8 Å². The van der Waals surface area contributed by atoms with Crippen molar-refractivity contribution in [2.75, 3.05) is 13.1 Å². The molecule has 116 valence electrons. The number of benzene rings is 1. The SMILES string of the molecule is CC(C)(C)CCNC(=O)NCCC1Cc2ccccc2C1. The molecule has 0 bridgehead atoms. The van der Waals surface area contributed by atoms with Crippen LogP contribution in [0.1, 0.15) is 44.7 Å². The zero-order valence-electron chi connectivity index (χ0n) is 13.5. The third-order valence-electron chi connectivity index (χ3n) is 4.13. The van der Waals surface area contributed by atoms with Crippen LogP contribution >= 0.6 is 0 Å². The molecule has 0 radical (unpaired) electrons. The quantitative estimate of drug-likeness (QED) is 0.855. The van der Waals surface area contributed by atoms with E-state index < -0.39 is 0 Å². The number of fused-ring (bicyclic) bond motifs is 1. The fourth-order valence-electron chi connectivity index (χ4n) is 2.86. The molecule has 0 aromatic heterocycles. The second-order valence-electron chi connectivity index (χ2n) is 7.32. The number of hydrogen-bond donors (Lipinski definition) is 2. The molecule has 2 rings (SSSR count). The third kappa shape index (κ3) is 5.41. The average Bonchev–Trinajstić information content (AvgIpc) is 2.79. The summed E-state index contributed by atoms with van der Waals surface area (Å²) in [6.07, 6.45) is 4.37. The van der Waals surface area contributed by atoms with Gasteiger partial charge in [-0.05, 0) is 48.1 Å². The first-order chi connectivity index (χ1) is 9.94. The molecule has 0 atom stereocenters. The van der Waals surface area contributed by atoms with Crippen LogP contribution in [0.15, 0.2) is 24.3 Å². The van der Waals surface area contributed by atoms with Crippen molar-refractivity contribution < 1.29 is 4.79 Å². The van der Waals surface area contributed by atoms with Gasteiger partial charge in [-0.2, -0.15) is 0 Å². The monoisotopic (exact) mass is 288 g/mol. The molecule has 0 saturated heterocycles. The highest BCUT2D eigenvalue weighted by atomic mass is 16.2. The second kappa shape index (κ2) is 6.97. The Hall–Kier alpha value is -1.51. The number of rotatable bonds is 5. The predicted molar refractivity (Wildman–Crippen MR) is 87.4 cm³/mol. The van der Waals surface area contributed by atoms with E-state index in [4.69, 9.17) is 0 Å². The summed E-state index contributed by atoms with van der Waals surface area (Å²) in [6, 6.07) is 8.64. The van der Waals surface area contributed by atoms with Gasteiger partial charge in [0.2, 0.25) is 0 Å². The highest BCUT2D eigenvalue weighted by Gasteiger charge is 2.20. The van der Waals surface area contributed by atoms with Crippen LogP contribution in [0, 0.1) is 11.3 Å². The summed E-state index contributed by atoms with van der Waals surface area (Å²) in [6.45, 7) is 8.06. The number of hydrogen-bond acceptors (Lipinski definition) is 1. The summed E-state index contributed by atoms with van der Waals surface area (Å²) in [5.41, 5.74) is 3.23. The molecule has 3 heteroatoms. The van der Waals surface area contributed by atoms with Gasteiger partial charge in [0.05, 0.1) is 0 Å². The molecule has 2 N–H and O–H groups in total. The number of urea groups is 1. The fraction of sp³-hybridized carbons (Fsp3) is 0.611. The third-order valence-corrected chi connectivity index (χ3v) is 4.13. The largest absolute Gasteiger partial charge is 0.338 e. The standard InChI is InChI=1S/C18H28N2O/c1-18(2,3)9-11-20-17(21)19-10-8-14-12-15-6-4-5-7-16(15)13-14/h4-7,14H,8-13H2,1-3H3,(H2,19,20,21). The molecule has 3 nitrogen and oxygen atoms in total. The maximum absolute atomic E-state index is 11.7. The van der Waals surface area contributed by atoms with Crippen molar-refractivity contribution >= 4 is 6.03 Å². The van der Waals surface area contributed by atoms with Gasteiger partial charge < -0.3 is 10.6 Å². The van der Waals surface area contributed by atoms with Crippen LogP contribution in [0.3, 0.4) is 0 Å². The van der Waals surface area contributed by atoms with Gasteiger partial charge in [0, 0.05) is 13.1 Å². The molecule has 0 saturated carbocycles. The Balaban J connectivity index is 1.59. The number of nitrogens with one attached hydrogen (secondary N) is 2. The van der Waals surface area contributed by atoms with Crippen LogP contribution in [0.25, 0.3) is 0 Å². The van der Waals surface area contributed by atoms with Gasteiger partial charge in [0.1, 0.15) is 0 Å². The molecule has 1 aromatic carbocycles. The Bertz CT molecular complexity index is 451. The van der Waals surface area contributed by atoms with E-state index in [9.17, 15) is 4.79 Å². The minimum Gasteiger partial charge on any atom is -0.338 e. The first-order valence-electron chi connectivity index (χ1n) is 8.02. The molecule has 1 aromatic rings. The lowest BCUT2D eigenvalue weighted by Gasteiger charge is -2.18. The van der Waals surface area contributed by atoms with Crippen LogP contribution < -0.4 is 10.6 Å². The number of carbonyl (C=O) groups is 1. The van der Waals surface area contributed by atoms with Gasteiger partial charge in [0.15, 0.2) is 0 Å². The Kier molecular flexibility index (Phi) is 5.27. The molecule has 1 aliphatic rings. The summed E-state index contributed by atoms with van der Waals surface area (Å²) in [4.78, 5) is 11.7. The number of carbonyl (C=O) groups excluding carboxylic acids is 1. The van der Waals surface area contributed by atoms with E-state index in [2.05, 4.69) is 55.7 Å². The fourth-order valence-corrected chi connectivity index (χ4v) is 2.86. The van der Waals surface area contributed by atoms with Crippen molar-refractivity contribution in [1.82, 2.24) is 10.6 Å². The molecule has 0 unspecified atom stereocenters. The number of amides is 2. The lowest BCUT2D eigenvalue weighted by Crippen LogP contribution is -2.38. The zero-order valence-corrected chi connectivity index (χ0v) is 13.5. The van der Waals surface area contributed by atoms with Crippen LogP contribution in [-0.4, -0.2) is 19.1 Å².